The minimum Gasteiger partial charge on any atom is -0.459 e. The third kappa shape index (κ3) is 2.97. The van der Waals surface area contributed by atoms with Crippen molar-refractivity contribution in [1.29, 1.82) is 0 Å². The minimum atomic E-state index is -0.439. The topological polar surface area (TPSA) is 66.7 Å². The number of aromatic nitrogens is 1. The van der Waals surface area contributed by atoms with Gasteiger partial charge in [-0.05, 0) is 38.3 Å². The molecule has 0 aliphatic carbocycles. The molecular formula is C18H21N3O3S. The predicted octanol–water partition coefficient (Wildman–Crippen LogP) is 2.70. The fourth-order valence-corrected chi connectivity index (χ4v) is 4.56. The fourth-order valence-electron chi connectivity index (χ4n) is 3.96. The first kappa shape index (κ1) is 16.3. The number of likely N-dealkylation sites (tertiary alicyclic amines) is 2. The van der Waals surface area contributed by atoms with E-state index < -0.39 is 5.41 Å². The number of piperidine rings is 1. The van der Waals surface area contributed by atoms with Crippen molar-refractivity contribution in [2.45, 2.75) is 32.7 Å². The van der Waals surface area contributed by atoms with Crippen LogP contribution in [-0.2, 0) is 11.3 Å². The zero-order chi connectivity index (χ0) is 17.4. The summed E-state index contributed by atoms with van der Waals surface area (Å²) in [7, 11) is 0. The van der Waals surface area contributed by atoms with E-state index in [1.54, 1.807) is 28.4 Å². The largest absolute Gasteiger partial charge is 0.459 e. The molecule has 2 aromatic heterocycles. The van der Waals surface area contributed by atoms with E-state index in [0.717, 1.165) is 36.5 Å². The molecule has 1 atom stereocenters. The molecule has 2 saturated heterocycles. The second-order valence-corrected chi connectivity index (χ2v) is 7.98. The van der Waals surface area contributed by atoms with Gasteiger partial charge in [-0.1, -0.05) is 0 Å². The number of hydrogen-bond donors (Lipinski definition) is 0. The van der Waals surface area contributed by atoms with Crippen molar-refractivity contribution >= 4 is 23.2 Å². The number of hydrogen-bond acceptors (Lipinski definition) is 5. The highest BCUT2D eigenvalue weighted by Crippen LogP contribution is 2.41. The number of carbonyl (C=O) groups excluding carboxylic acids is 2. The Bertz CT molecular complexity index is 785. The predicted molar refractivity (Wildman–Crippen MR) is 93.2 cm³/mol. The first-order valence-electron chi connectivity index (χ1n) is 8.61. The van der Waals surface area contributed by atoms with E-state index in [1.165, 1.54) is 6.26 Å². The van der Waals surface area contributed by atoms with E-state index in [-0.39, 0.29) is 11.8 Å². The average Bonchev–Trinajstić information content (AvgIpc) is 3.34. The van der Waals surface area contributed by atoms with Crippen LogP contribution >= 0.6 is 11.3 Å². The lowest BCUT2D eigenvalue weighted by atomic mass is 9.78. The van der Waals surface area contributed by atoms with Gasteiger partial charge >= 0.3 is 0 Å². The maximum atomic E-state index is 13.1. The summed E-state index contributed by atoms with van der Waals surface area (Å²) >= 11 is 1.61. The summed E-state index contributed by atoms with van der Waals surface area (Å²) in [4.78, 5) is 33.8. The normalized spacial score (nSPS) is 23.6. The smallest absolute Gasteiger partial charge is 0.289 e. The molecule has 25 heavy (non-hydrogen) atoms. The first-order valence-corrected chi connectivity index (χ1v) is 9.49. The number of aryl methyl sites for hydroxylation is 1. The number of thiazole rings is 1. The van der Waals surface area contributed by atoms with E-state index in [4.69, 9.17) is 4.42 Å². The number of carbonyl (C=O) groups is 2. The number of amides is 2. The van der Waals surface area contributed by atoms with Crippen LogP contribution in [0.4, 0.5) is 0 Å². The maximum Gasteiger partial charge on any atom is 0.289 e. The summed E-state index contributed by atoms with van der Waals surface area (Å²) in [5.41, 5.74) is 0.512. The Morgan fingerprint density at radius 1 is 1.40 bits per heavy atom. The van der Waals surface area contributed by atoms with Crippen molar-refractivity contribution in [2.24, 2.45) is 5.41 Å². The molecular weight excluding hydrogens is 338 g/mol. The Hall–Kier alpha value is -2.15. The van der Waals surface area contributed by atoms with Crippen LogP contribution in [0.25, 0.3) is 0 Å². The Morgan fingerprint density at radius 2 is 2.28 bits per heavy atom. The maximum absolute atomic E-state index is 13.1. The highest BCUT2D eigenvalue weighted by molar-refractivity contribution is 7.09. The molecule has 1 spiro atoms. The molecule has 4 rings (SSSR count). The zero-order valence-electron chi connectivity index (χ0n) is 14.2. The number of furan rings is 1. The van der Waals surface area contributed by atoms with Crippen LogP contribution in [0.5, 0.6) is 0 Å². The van der Waals surface area contributed by atoms with Crippen molar-refractivity contribution in [3.63, 3.8) is 0 Å². The van der Waals surface area contributed by atoms with Crippen molar-refractivity contribution in [3.05, 3.63) is 40.2 Å². The van der Waals surface area contributed by atoms with Crippen molar-refractivity contribution < 1.29 is 14.0 Å². The minimum absolute atomic E-state index is 0.120. The van der Waals surface area contributed by atoms with Crippen LogP contribution in [0, 0.1) is 12.3 Å². The van der Waals surface area contributed by atoms with Crippen LogP contribution in [-0.4, -0.2) is 46.2 Å². The molecule has 6 nitrogen and oxygen atoms in total. The molecule has 2 aliphatic rings. The van der Waals surface area contributed by atoms with Crippen molar-refractivity contribution in [2.75, 3.05) is 19.6 Å². The molecule has 132 valence electrons. The molecule has 0 N–H and O–H groups in total. The summed E-state index contributed by atoms with van der Waals surface area (Å²) in [6.07, 6.45) is 4.00. The zero-order valence-corrected chi connectivity index (χ0v) is 15.1. The van der Waals surface area contributed by atoms with E-state index in [2.05, 4.69) is 4.98 Å². The highest BCUT2D eigenvalue weighted by atomic mass is 32.1. The molecule has 2 aromatic rings. The molecule has 0 bridgehead atoms. The van der Waals surface area contributed by atoms with E-state index >= 15 is 0 Å². The van der Waals surface area contributed by atoms with Gasteiger partial charge in [0.15, 0.2) is 5.76 Å². The summed E-state index contributed by atoms with van der Waals surface area (Å²) in [6, 6.07) is 3.39. The monoisotopic (exact) mass is 359 g/mol. The van der Waals surface area contributed by atoms with Crippen LogP contribution < -0.4 is 0 Å². The van der Waals surface area contributed by atoms with E-state index in [1.807, 2.05) is 17.2 Å². The van der Waals surface area contributed by atoms with E-state index in [9.17, 15) is 9.59 Å². The summed E-state index contributed by atoms with van der Waals surface area (Å²) in [5.74, 6) is 0.387. The standard InChI is InChI=1S/C18H21N3O3S/c1-13-19-14(11-25-13)10-20-8-6-18(17(20)23)5-3-7-21(12-18)16(22)15-4-2-9-24-15/h2,4,9,11H,3,5-8,10,12H2,1H3/t18-/m0/s1. The van der Waals surface area contributed by atoms with Gasteiger partial charge in [-0.2, -0.15) is 0 Å². The number of nitrogens with zero attached hydrogens (tertiary/aromatic N) is 3. The van der Waals surface area contributed by atoms with Crippen molar-refractivity contribution in [1.82, 2.24) is 14.8 Å². The van der Waals surface area contributed by atoms with Gasteiger partial charge in [0.05, 0.1) is 28.9 Å². The van der Waals surface area contributed by atoms with Gasteiger partial charge in [0.2, 0.25) is 5.91 Å². The second-order valence-electron chi connectivity index (χ2n) is 6.92. The Kier molecular flexibility index (Phi) is 4.11. The van der Waals surface area contributed by atoms with Gasteiger partial charge in [-0.25, -0.2) is 4.98 Å². The molecule has 2 amide bonds. The molecule has 0 unspecified atom stereocenters. The fraction of sp³-hybridized carbons (Fsp3) is 0.500. The third-order valence-electron chi connectivity index (χ3n) is 5.22. The average molecular weight is 359 g/mol. The van der Waals surface area contributed by atoms with Crippen LogP contribution in [0.3, 0.4) is 0 Å². The van der Waals surface area contributed by atoms with E-state index in [0.29, 0.717) is 25.4 Å². The lowest BCUT2D eigenvalue weighted by Gasteiger charge is -2.38. The van der Waals surface area contributed by atoms with Gasteiger partial charge in [0.25, 0.3) is 5.91 Å². The quantitative estimate of drug-likeness (QED) is 0.845. The molecule has 0 aromatic carbocycles. The Morgan fingerprint density at radius 3 is 3.00 bits per heavy atom. The van der Waals surface area contributed by atoms with Crippen LogP contribution in [0.2, 0.25) is 0 Å². The Labute approximate surface area is 150 Å². The molecule has 0 saturated carbocycles. The summed E-state index contributed by atoms with van der Waals surface area (Å²) in [5, 5.41) is 3.03. The SMILES string of the molecule is Cc1nc(CN2CC[C@]3(CCCN(C(=O)c4ccco4)C3)C2=O)cs1. The molecule has 2 aliphatic heterocycles. The molecule has 4 heterocycles. The van der Waals surface area contributed by atoms with Gasteiger partial charge in [-0.15, -0.1) is 11.3 Å². The highest BCUT2D eigenvalue weighted by Gasteiger charge is 2.49. The van der Waals surface area contributed by atoms with Gasteiger partial charge in [-0.3, -0.25) is 9.59 Å². The molecule has 2 fully saturated rings. The molecule has 0 radical (unpaired) electrons. The van der Waals surface area contributed by atoms with Crippen molar-refractivity contribution in [3.8, 4) is 0 Å². The lowest BCUT2D eigenvalue weighted by Crippen LogP contribution is -2.49. The Balaban J connectivity index is 1.48. The van der Waals surface area contributed by atoms with Crippen LogP contribution in [0.15, 0.2) is 28.2 Å². The lowest BCUT2D eigenvalue weighted by molar-refractivity contribution is -0.138. The summed E-state index contributed by atoms with van der Waals surface area (Å²) in [6.45, 7) is 4.44. The van der Waals surface area contributed by atoms with Gasteiger partial charge < -0.3 is 14.2 Å². The summed E-state index contributed by atoms with van der Waals surface area (Å²) < 4.78 is 5.24. The molecule has 7 heteroatoms. The van der Waals surface area contributed by atoms with Gasteiger partial charge in [0.1, 0.15) is 0 Å². The first-order chi connectivity index (χ1) is 12.1. The van der Waals surface area contributed by atoms with Gasteiger partial charge in [0, 0.05) is 25.0 Å². The van der Waals surface area contributed by atoms with Crippen LogP contribution in [0.1, 0.15) is 40.5 Å². The number of rotatable bonds is 3. The third-order valence-corrected chi connectivity index (χ3v) is 6.04. The second kappa shape index (κ2) is 6.29.